The van der Waals surface area contributed by atoms with Gasteiger partial charge in [-0.15, -0.1) is 0 Å². The van der Waals surface area contributed by atoms with Crippen LogP contribution < -0.4 is 5.32 Å². The van der Waals surface area contributed by atoms with Gasteiger partial charge in [0.25, 0.3) is 0 Å². The zero-order chi connectivity index (χ0) is 10.4. The molecule has 1 heterocycles. The van der Waals surface area contributed by atoms with Crippen LogP contribution in [0, 0.1) is 0 Å². The quantitative estimate of drug-likeness (QED) is 0.762. The van der Waals surface area contributed by atoms with Crippen molar-refractivity contribution < 1.29 is 0 Å². The summed E-state index contributed by atoms with van der Waals surface area (Å²) in [6.07, 6.45) is 0.930. The monoisotopic (exact) mass is 231 g/mol. The number of hydrogen-bond acceptors (Lipinski definition) is 5. The summed E-state index contributed by atoms with van der Waals surface area (Å²) in [5, 5.41) is 3.37. The van der Waals surface area contributed by atoms with E-state index in [-0.39, 0.29) is 0 Å². The van der Waals surface area contributed by atoms with E-state index in [1.807, 2.05) is 0 Å². The van der Waals surface area contributed by atoms with E-state index in [4.69, 9.17) is 0 Å². The Morgan fingerprint density at radius 3 is 2.86 bits per heavy atom. The molecule has 0 aliphatic rings. The molecule has 1 aromatic heterocycles. The maximum absolute atomic E-state index is 4.40. The lowest BCUT2D eigenvalue weighted by atomic mass is 10.4. The number of aryl methyl sites for hydroxylation is 1. The fourth-order valence-corrected chi connectivity index (χ4v) is 2.75. The fourth-order valence-electron chi connectivity index (χ4n) is 1.04. The third-order valence-corrected chi connectivity index (χ3v) is 3.91. The third-order valence-electron chi connectivity index (χ3n) is 1.78. The number of nitrogens with one attached hydrogen (secondary N) is 1. The highest BCUT2D eigenvalue weighted by Gasteiger charge is 2.05. The van der Waals surface area contributed by atoms with Crippen LogP contribution in [0.3, 0.4) is 0 Å². The van der Waals surface area contributed by atoms with Gasteiger partial charge in [0, 0.05) is 18.2 Å². The molecule has 0 saturated carbocycles. The molecule has 1 N–H and O–H groups in total. The number of nitrogens with zero attached hydrogens (tertiary/aromatic N) is 2. The van der Waals surface area contributed by atoms with Crippen molar-refractivity contribution in [3.8, 4) is 0 Å². The molecule has 0 aliphatic carbocycles. The van der Waals surface area contributed by atoms with Crippen LogP contribution >= 0.6 is 23.3 Å². The molecule has 1 rings (SSSR count). The summed E-state index contributed by atoms with van der Waals surface area (Å²) >= 11 is 3.30. The van der Waals surface area contributed by atoms with Crippen molar-refractivity contribution in [1.82, 2.24) is 14.7 Å². The highest BCUT2D eigenvalue weighted by atomic mass is 32.2. The van der Waals surface area contributed by atoms with Gasteiger partial charge in [-0.2, -0.15) is 4.37 Å². The van der Waals surface area contributed by atoms with E-state index in [0.717, 1.165) is 28.9 Å². The summed E-state index contributed by atoms with van der Waals surface area (Å²) in [4.78, 5) is 4.40. The molecule has 0 amide bonds. The first-order chi connectivity index (χ1) is 6.76. The van der Waals surface area contributed by atoms with E-state index in [0.29, 0.717) is 6.04 Å². The minimum absolute atomic E-state index is 0.541. The van der Waals surface area contributed by atoms with E-state index in [1.165, 1.54) is 11.5 Å². The Balaban J connectivity index is 2.30. The van der Waals surface area contributed by atoms with E-state index in [1.54, 1.807) is 11.8 Å². The number of rotatable bonds is 6. The normalized spacial score (nSPS) is 13.1. The number of aromatic nitrogens is 2. The minimum atomic E-state index is 0.541. The molecule has 14 heavy (non-hydrogen) atoms. The van der Waals surface area contributed by atoms with Gasteiger partial charge >= 0.3 is 0 Å². The molecule has 5 heteroatoms. The summed E-state index contributed by atoms with van der Waals surface area (Å²) in [5.74, 6) is 2.03. The van der Waals surface area contributed by atoms with Crippen molar-refractivity contribution in [3.05, 3.63) is 5.82 Å². The van der Waals surface area contributed by atoms with Crippen LogP contribution in [0.1, 0.15) is 26.6 Å². The molecule has 0 spiro atoms. The molecule has 1 aromatic rings. The largest absolute Gasteiger partial charge is 0.314 e. The second kappa shape index (κ2) is 6.37. The van der Waals surface area contributed by atoms with Crippen LogP contribution in [0.4, 0.5) is 0 Å². The zero-order valence-electron chi connectivity index (χ0n) is 8.91. The Hall–Kier alpha value is -0.130. The standard InChI is InChI=1S/C9H17N3S2/c1-4-8-11-9(14-12-8)13-6-7(3)10-5-2/h7,10H,4-6H2,1-3H3. The molecule has 0 aliphatic heterocycles. The average molecular weight is 231 g/mol. The van der Waals surface area contributed by atoms with Crippen LogP contribution in [0.5, 0.6) is 0 Å². The predicted molar refractivity (Wildman–Crippen MR) is 63.1 cm³/mol. The number of thioether (sulfide) groups is 1. The summed E-state index contributed by atoms with van der Waals surface area (Å²) in [5.41, 5.74) is 0. The van der Waals surface area contributed by atoms with Crippen molar-refractivity contribution in [2.75, 3.05) is 12.3 Å². The average Bonchev–Trinajstić information content (AvgIpc) is 2.63. The Bertz CT molecular complexity index is 262. The SMILES string of the molecule is CCNC(C)CSc1nc(CC)ns1. The Morgan fingerprint density at radius 2 is 2.29 bits per heavy atom. The third kappa shape index (κ3) is 3.94. The summed E-state index contributed by atoms with van der Waals surface area (Å²) < 4.78 is 5.34. The molecule has 1 atom stereocenters. The first-order valence-corrected chi connectivity index (χ1v) is 6.70. The van der Waals surface area contributed by atoms with Crippen LogP contribution in [0.25, 0.3) is 0 Å². The smallest absolute Gasteiger partial charge is 0.170 e. The minimum Gasteiger partial charge on any atom is -0.314 e. The number of hydrogen-bond donors (Lipinski definition) is 1. The molecule has 0 fully saturated rings. The Morgan fingerprint density at radius 1 is 1.50 bits per heavy atom. The molecule has 3 nitrogen and oxygen atoms in total. The fraction of sp³-hybridized carbons (Fsp3) is 0.778. The van der Waals surface area contributed by atoms with Gasteiger partial charge in [0.1, 0.15) is 5.82 Å². The van der Waals surface area contributed by atoms with Gasteiger partial charge in [-0.05, 0) is 25.0 Å². The summed E-state index contributed by atoms with van der Waals surface area (Å²) in [6.45, 7) is 7.43. The lowest BCUT2D eigenvalue weighted by Crippen LogP contribution is -2.27. The van der Waals surface area contributed by atoms with Gasteiger partial charge in [-0.3, -0.25) is 0 Å². The van der Waals surface area contributed by atoms with Crippen molar-refractivity contribution in [2.45, 2.75) is 37.6 Å². The van der Waals surface area contributed by atoms with E-state index >= 15 is 0 Å². The van der Waals surface area contributed by atoms with Gasteiger partial charge < -0.3 is 5.32 Å². The Labute approximate surface area is 93.9 Å². The maximum Gasteiger partial charge on any atom is 0.170 e. The zero-order valence-corrected chi connectivity index (χ0v) is 10.5. The topological polar surface area (TPSA) is 37.8 Å². The van der Waals surface area contributed by atoms with Crippen LogP contribution in [0.15, 0.2) is 4.34 Å². The molecular formula is C9H17N3S2. The molecule has 1 unspecified atom stereocenters. The van der Waals surface area contributed by atoms with Crippen molar-refractivity contribution in [1.29, 1.82) is 0 Å². The van der Waals surface area contributed by atoms with Crippen LogP contribution in [0.2, 0.25) is 0 Å². The molecule has 80 valence electrons. The predicted octanol–water partition coefficient (Wildman–Crippen LogP) is 2.19. The van der Waals surface area contributed by atoms with Crippen LogP contribution in [-0.2, 0) is 6.42 Å². The molecule has 0 bridgehead atoms. The molecule has 0 aromatic carbocycles. The first kappa shape index (κ1) is 11.9. The highest BCUT2D eigenvalue weighted by Crippen LogP contribution is 2.20. The summed E-state index contributed by atoms with van der Waals surface area (Å²) in [7, 11) is 0. The molecule has 0 saturated heterocycles. The Kier molecular flexibility index (Phi) is 5.44. The van der Waals surface area contributed by atoms with Crippen molar-refractivity contribution in [3.63, 3.8) is 0 Å². The van der Waals surface area contributed by atoms with E-state index < -0.39 is 0 Å². The van der Waals surface area contributed by atoms with Crippen molar-refractivity contribution >= 4 is 23.3 Å². The lowest BCUT2D eigenvalue weighted by molar-refractivity contribution is 0.620. The van der Waals surface area contributed by atoms with Crippen LogP contribution in [-0.4, -0.2) is 27.7 Å². The molecular weight excluding hydrogens is 214 g/mol. The second-order valence-corrected chi connectivity index (χ2v) is 5.12. The van der Waals surface area contributed by atoms with Gasteiger partial charge in [0.2, 0.25) is 0 Å². The van der Waals surface area contributed by atoms with Gasteiger partial charge in [-0.1, -0.05) is 25.6 Å². The second-order valence-electron chi connectivity index (χ2n) is 3.10. The maximum atomic E-state index is 4.40. The molecule has 0 radical (unpaired) electrons. The van der Waals surface area contributed by atoms with Gasteiger partial charge in [0.15, 0.2) is 4.34 Å². The van der Waals surface area contributed by atoms with E-state index in [9.17, 15) is 0 Å². The summed E-state index contributed by atoms with van der Waals surface area (Å²) in [6, 6.07) is 0.541. The van der Waals surface area contributed by atoms with Gasteiger partial charge in [-0.25, -0.2) is 4.98 Å². The lowest BCUT2D eigenvalue weighted by Gasteiger charge is -2.09. The highest BCUT2D eigenvalue weighted by molar-refractivity contribution is 8.00. The van der Waals surface area contributed by atoms with Gasteiger partial charge in [0.05, 0.1) is 0 Å². The van der Waals surface area contributed by atoms with E-state index in [2.05, 4.69) is 35.4 Å². The van der Waals surface area contributed by atoms with Crippen molar-refractivity contribution in [2.24, 2.45) is 0 Å². The first-order valence-electron chi connectivity index (χ1n) is 4.95.